The van der Waals surface area contributed by atoms with Crippen LogP contribution in [0.15, 0.2) is 18.2 Å². The van der Waals surface area contributed by atoms with Crippen LogP contribution in [0, 0.1) is 5.82 Å². The molecule has 1 heterocycles. The van der Waals surface area contributed by atoms with Crippen LogP contribution in [-0.2, 0) is 14.3 Å². The van der Waals surface area contributed by atoms with Crippen molar-refractivity contribution in [1.29, 1.82) is 0 Å². The van der Waals surface area contributed by atoms with E-state index in [0.29, 0.717) is 13.0 Å². The summed E-state index contributed by atoms with van der Waals surface area (Å²) in [6.45, 7) is -0.141. The van der Waals surface area contributed by atoms with Gasteiger partial charge >= 0.3 is 5.97 Å². The largest absolute Gasteiger partial charge is 0.452 e. The number of nitrogens with two attached hydrogens (primary N) is 1. The van der Waals surface area contributed by atoms with Crippen molar-refractivity contribution in [3.8, 4) is 0 Å². The summed E-state index contributed by atoms with van der Waals surface area (Å²) in [6, 6.07) is 2.55. The first-order valence-electron chi connectivity index (χ1n) is 7.11. The lowest BCUT2D eigenvalue weighted by Crippen LogP contribution is -2.51. The molecule has 0 aromatic heterocycles. The average Bonchev–Trinajstić information content (AvgIpc) is 2.52. The van der Waals surface area contributed by atoms with Gasteiger partial charge < -0.3 is 15.4 Å². The fourth-order valence-corrected chi connectivity index (χ4v) is 2.71. The van der Waals surface area contributed by atoms with Crippen LogP contribution in [0.3, 0.4) is 0 Å². The van der Waals surface area contributed by atoms with E-state index < -0.39 is 36.2 Å². The van der Waals surface area contributed by atoms with E-state index in [0.717, 1.165) is 25.0 Å². The SMILES string of the molecule is NC(=O)[C@@H]1CCCCN1C(=O)COC(=O)c1ccc(F)cc1Cl. The van der Waals surface area contributed by atoms with Gasteiger partial charge in [0.2, 0.25) is 5.91 Å². The van der Waals surface area contributed by atoms with Gasteiger partial charge in [0.05, 0.1) is 10.6 Å². The fraction of sp³-hybridized carbons (Fsp3) is 0.400. The molecular formula is C15H16ClFN2O4. The van der Waals surface area contributed by atoms with Gasteiger partial charge in [0.25, 0.3) is 5.91 Å². The molecule has 2 amide bonds. The third-order valence-corrected chi connectivity index (χ3v) is 3.94. The smallest absolute Gasteiger partial charge is 0.340 e. The topological polar surface area (TPSA) is 89.7 Å². The predicted molar refractivity (Wildman–Crippen MR) is 80.2 cm³/mol. The monoisotopic (exact) mass is 342 g/mol. The number of rotatable bonds is 4. The first-order valence-corrected chi connectivity index (χ1v) is 7.49. The lowest BCUT2D eigenvalue weighted by atomic mass is 10.0. The van der Waals surface area contributed by atoms with Gasteiger partial charge in [0.1, 0.15) is 11.9 Å². The second-order valence-electron chi connectivity index (χ2n) is 5.20. The lowest BCUT2D eigenvalue weighted by Gasteiger charge is -2.33. The van der Waals surface area contributed by atoms with Crippen LogP contribution < -0.4 is 5.73 Å². The van der Waals surface area contributed by atoms with Crippen LogP contribution in [0.25, 0.3) is 0 Å². The highest BCUT2D eigenvalue weighted by Crippen LogP contribution is 2.19. The van der Waals surface area contributed by atoms with E-state index in [1.165, 1.54) is 11.0 Å². The highest BCUT2D eigenvalue weighted by atomic mass is 35.5. The molecule has 0 bridgehead atoms. The molecule has 2 N–H and O–H groups in total. The molecule has 8 heteroatoms. The first-order chi connectivity index (χ1) is 10.9. The minimum absolute atomic E-state index is 0.0361. The number of hydrogen-bond donors (Lipinski definition) is 1. The van der Waals surface area contributed by atoms with Crippen molar-refractivity contribution < 1.29 is 23.5 Å². The van der Waals surface area contributed by atoms with Gasteiger partial charge in [-0.25, -0.2) is 9.18 Å². The van der Waals surface area contributed by atoms with Crippen molar-refractivity contribution in [2.24, 2.45) is 5.73 Å². The number of amides is 2. The maximum atomic E-state index is 12.9. The molecule has 23 heavy (non-hydrogen) atoms. The van der Waals surface area contributed by atoms with Gasteiger partial charge in [-0.3, -0.25) is 9.59 Å². The molecular weight excluding hydrogens is 327 g/mol. The van der Waals surface area contributed by atoms with E-state index in [2.05, 4.69) is 0 Å². The Morgan fingerprint density at radius 3 is 2.74 bits per heavy atom. The second-order valence-corrected chi connectivity index (χ2v) is 5.61. The lowest BCUT2D eigenvalue weighted by molar-refractivity contribution is -0.143. The van der Waals surface area contributed by atoms with E-state index in [1.807, 2.05) is 0 Å². The van der Waals surface area contributed by atoms with Crippen LogP contribution in [0.1, 0.15) is 29.6 Å². The molecule has 1 atom stereocenters. The predicted octanol–water partition coefficient (Wildman–Crippen LogP) is 1.50. The number of nitrogens with zero attached hydrogens (tertiary/aromatic N) is 1. The van der Waals surface area contributed by atoms with Gasteiger partial charge in [-0.1, -0.05) is 11.6 Å². The molecule has 2 rings (SSSR count). The van der Waals surface area contributed by atoms with Crippen molar-refractivity contribution in [3.63, 3.8) is 0 Å². The molecule has 0 radical (unpaired) electrons. The van der Waals surface area contributed by atoms with Crippen molar-refractivity contribution in [2.45, 2.75) is 25.3 Å². The molecule has 0 aliphatic carbocycles. The number of carbonyl (C=O) groups is 3. The Labute approximate surface area is 137 Å². The van der Waals surface area contributed by atoms with Gasteiger partial charge in [-0.15, -0.1) is 0 Å². The Kier molecular flexibility index (Phi) is 5.54. The fourth-order valence-electron chi connectivity index (χ4n) is 2.47. The number of piperidine rings is 1. The molecule has 1 fully saturated rings. The summed E-state index contributed by atoms with van der Waals surface area (Å²) >= 11 is 5.76. The average molecular weight is 343 g/mol. The summed E-state index contributed by atoms with van der Waals surface area (Å²) in [5.74, 6) is -2.50. The van der Waals surface area contributed by atoms with Gasteiger partial charge in [0, 0.05) is 6.54 Å². The number of likely N-dealkylation sites (tertiary alicyclic amines) is 1. The van der Waals surface area contributed by atoms with Crippen molar-refractivity contribution in [3.05, 3.63) is 34.6 Å². The maximum absolute atomic E-state index is 12.9. The van der Waals surface area contributed by atoms with Crippen LogP contribution in [0.2, 0.25) is 5.02 Å². The molecule has 1 saturated heterocycles. The van der Waals surface area contributed by atoms with Gasteiger partial charge in [0.15, 0.2) is 6.61 Å². The summed E-state index contributed by atoms with van der Waals surface area (Å²) in [4.78, 5) is 36.7. The Morgan fingerprint density at radius 2 is 2.09 bits per heavy atom. The van der Waals surface area contributed by atoms with Crippen molar-refractivity contribution in [2.75, 3.05) is 13.2 Å². The number of ether oxygens (including phenoxy) is 1. The summed E-state index contributed by atoms with van der Waals surface area (Å²) in [5.41, 5.74) is 5.25. The Balaban J connectivity index is 1.97. The molecule has 1 aliphatic rings. The minimum Gasteiger partial charge on any atom is -0.452 e. The van der Waals surface area contributed by atoms with Gasteiger partial charge in [-0.2, -0.15) is 0 Å². The zero-order chi connectivity index (χ0) is 17.0. The summed E-state index contributed by atoms with van der Waals surface area (Å²) in [5, 5.41) is -0.101. The number of primary amides is 1. The minimum atomic E-state index is -0.837. The normalized spacial score (nSPS) is 17.7. The van der Waals surface area contributed by atoms with Crippen LogP contribution in [-0.4, -0.2) is 41.9 Å². The summed E-state index contributed by atoms with van der Waals surface area (Å²) < 4.78 is 17.8. The van der Waals surface area contributed by atoms with E-state index in [1.54, 1.807) is 0 Å². The zero-order valence-corrected chi connectivity index (χ0v) is 13.0. The zero-order valence-electron chi connectivity index (χ0n) is 12.3. The van der Waals surface area contributed by atoms with Crippen LogP contribution >= 0.6 is 11.6 Å². The quantitative estimate of drug-likeness (QED) is 0.840. The Bertz CT molecular complexity index is 638. The second kappa shape index (κ2) is 7.41. The molecule has 0 spiro atoms. The van der Waals surface area contributed by atoms with Crippen molar-refractivity contribution in [1.82, 2.24) is 4.90 Å². The number of carbonyl (C=O) groups excluding carboxylic acids is 3. The van der Waals surface area contributed by atoms with E-state index >= 15 is 0 Å². The van der Waals surface area contributed by atoms with Crippen LogP contribution in [0.4, 0.5) is 4.39 Å². The third-order valence-electron chi connectivity index (χ3n) is 3.63. The summed E-state index contributed by atoms with van der Waals surface area (Å²) in [7, 11) is 0. The van der Waals surface area contributed by atoms with Crippen molar-refractivity contribution >= 4 is 29.4 Å². The molecule has 6 nitrogen and oxygen atoms in total. The number of halogens is 2. The van der Waals surface area contributed by atoms with E-state index in [4.69, 9.17) is 22.1 Å². The highest BCUT2D eigenvalue weighted by molar-refractivity contribution is 6.33. The first kappa shape index (κ1) is 17.2. The molecule has 1 aliphatic heterocycles. The highest BCUT2D eigenvalue weighted by Gasteiger charge is 2.31. The van der Waals surface area contributed by atoms with E-state index in [-0.39, 0.29) is 10.6 Å². The molecule has 1 aromatic rings. The van der Waals surface area contributed by atoms with E-state index in [9.17, 15) is 18.8 Å². The maximum Gasteiger partial charge on any atom is 0.340 e. The summed E-state index contributed by atoms with van der Waals surface area (Å²) in [6.07, 6.45) is 2.06. The molecule has 0 unspecified atom stereocenters. The Hall–Kier alpha value is -2.15. The molecule has 0 saturated carbocycles. The molecule has 124 valence electrons. The van der Waals surface area contributed by atoms with Gasteiger partial charge in [-0.05, 0) is 37.5 Å². The standard InChI is InChI=1S/C15H16ClFN2O4/c16-11-7-9(17)4-5-10(11)15(22)23-8-13(20)19-6-2-1-3-12(19)14(18)21/h4-5,7,12H,1-3,6,8H2,(H2,18,21)/t12-/m0/s1. The van der Waals surface area contributed by atoms with Crippen LogP contribution in [0.5, 0.6) is 0 Å². The number of benzene rings is 1. The number of esters is 1. The molecule has 1 aromatic carbocycles. The number of hydrogen-bond acceptors (Lipinski definition) is 4. The third kappa shape index (κ3) is 4.19. The Morgan fingerprint density at radius 1 is 1.35 bits per heavy atom.